The lowest BCUT2D eigenvalue weighted by Gasteiger charge is -2.25. The fraction of sp³-hybridized carbons (Fsp3) is 0.500. The molecule has 0 bridgehead atoms. The molecule has 1 atom stereocenters. The third kappa shape index (κ3) is 3.95. The van der Waals surface area contributed by atoms with Gasteiger partial charge in [0.2, 0.25) is 15.9 Å². The average molecular weight is 408 g/mol. The van der Waals surface area contributed by atoms with Crippen molar-refractivity contribution in [2.24, 2.45) is 0 Å². The molecule has 2 aliphatic rings. The number of nitrogens with zero attached hydrogens (tertiary/aromatic N) is 3. The summed E-state index contributed by atoms with van der Waals surface area (Å²) < 4.78 is 32.9. The quantitative estimate of drug-likeness (QED) is 0.752. The number of aromatic nitrogens is 2. The lowest BCUT2D eigenvalue weighted by molar-refractivity contribution is -0.116. The second-order valence-electron chi connectivity index (χ2n) is 6.83. The van der Waals surface area contributed by atoms with E-state index >= 15 is 0 Å². The molecular formula is C18H21N3O4S2. The molecular weight excluding hydrogens is 386 g/mol. The van der Waals surface area contributed by atoms with Gasteiger partial charge in [0, 0.05) is 25.1 Å². The summed E-state index contributed by atoms with van der Waals surface area (Å²) >= 11 is 1.29. The van der Waals surface area contributed by atoms with Gasteiger partial charge in [-0.05, 0) is 43.9 Å². The molecule has 0 radical (unpaired) electrons. The van der Waals surface area contributed by atoms with Crippen LogP contribution in [0.1, 0.15) is 38.5 Å². The van der Waals surface area contributed by atoms with Gasteiger partial charge >= 0.3 is 0 Å². The molecule has 7 nitrogen and oxygen atoms in total. The highest BCUT2D eigenvalue weighted by atomic mass is 32.2. The second kappa shape index (κ2) is 7.73. The maximum Gasteiger partial charge on any atom is 0.277 e. The predicted octanol–water partition coefficient (Wildman–Crippen LogP) is 3.12. The molecule has 1 saturated heterocycles. The van der Waals surface area contributed by atoms with E-state index in [0.717, 1.165) is 32.1 Å². The number of rotatable bonds is 5. The van der Waals surface area contributed by atoms with Crippen molar-refractivity contribution in [3.63, 3.8) is 0 Å². The molecule has 1 aromatic heterocycles. The number of hydrogen-bond donors (Lipinski definition) is 0. The van der Waals surface area contributed by atoms with Crippen LogP contribution in [0.4, 0.5) is 0 Å². The van der Waals surface area contributed by atoms with Crippen molar-refractivity contribution in [3.05, 3.63) is 24.3 Å². The van der Waals surface area contributed by atoms with Crippen molar-refractivity contribution in [3.8, 4) is 11.5 Å². The van der Waals surface area contributed by atoms with Gasteiger partial charge in [0.1, 0.15) is 5.78 Å². The predicted molar refractivity (Wildman–Crippen MR) is 101 cm³/mol. The first kappa shape index (κ1) is 18.6. The van der Waals surface area contributed by atoms with Crippen LogP contribution in [0, 0.1) is 0 Å². The van der Waals surface area contributed by atoms with Crippen LogP contribution >= 0.6 is 11.8 Å². The van der Waals surface area contributed by atoms with E-state index in [-0.39, 0.29) is 21.8 Å². The zero-order chi connectivity index (χ0) is 18.9. The summed E-state index contributed by atoms with van der Waals surface area (Å²) in [6.07, 6.45) is 5.18. The van der Waals surface area contributed by atoms with Crippen molar-refractivity contribution in [1.29, 1.82) is 0 Å². The van der Waals surface area contributed by atoms with Crippen molar-refractivity contribution < 1.29 is 17.6 Å². The molecule has 144 valence electrons. The van der Waals surface area contributed by atoms with E-state index in [0.29, 0.717) is 30.3 Å². The molecule has 9 heteroatoms. The van der Waals surface area contributed by atoms with Crippen LogP contribution in [-0.4, -0.2) is 47.0 Å². The molecule has 1 aliphatic heterocycles. The van der Waals surface area contributed by atoms with Gasteiger partial charge in [-0.25, -0.2) is 8.42 Å². The minimum absolute atomic E-state index is 0.121. The van der Waals surface area contributed by atoms with Crippen molar-refractivity contribution in [2.75, 3.05) is 13.1 Å². The Morgan fingerprint density at radius 2 is 1.93 bits per heavy atom. The molecule has 2 heterocycles. The van der Waals surface area contributed by atoms with Crippen molar-refractivity contribution in [1.82, 2.24) is 14.5 Å². The van der Waals surface area contributed by atoms with Gasteiger partial charge in [-0.15, -0.1) is 10.2 Å². The Kier molecular flexibility index (Phi) is 5.34. The van der Waals surface area contributed by atoms with E-state index in [2.05, 4.69) is 10.2 Å². The van der Waals surface area contributed by atoms with Crippen LogP contribution in [0.3, 0.4) is 0 Å². The van der Waals surface area contributed by atoms with Crippen molar-refractivity contribution >= 4 is 27.6 Å². The first-order valence-electron chi connectivity index (χ1n) is 9.17. The maximum absolute atomic E-state index is 12.9. The molecule has 0 amide bonds. The summed E-state index contributed by atoms with van der Waals surface area (Å²) in [7, 11) is -3.52. The summed E-state index contributed by atoms with van der Waals surface area (Å²) in [6.45, 7) is 1.12. The topological polar surface area (TPSA) is 93.4 Å². The molecule has 1 saturated carbocycles. The Morgan fingerprint density at radius 3 is 2.67 bits per heavy atom. The highest BCUT2D eigenvalue weighted by molar-refractivity contribution is 8.00. The fourth-order valence-electron chi connectivity index (χ4n) is 3.45. The minimum atomic E-state index is -3.52. The van der Waals surface area contributed by atoms with Crippen LogP contribution in [0.2, 0.25) is 0 Å². The minimum Gasteiger partial charge on any atom is -0.411 e. The maximum atomic E-state index is 12.9. The van der Waals surface area contributed by atoms with Gasteiger partial charge in [-0.1, -0.05) is 24.2 Å². The third-order valence-electron chi connectivity index (χ3n) is 4.93. The Balaban J connectivity index is 1.55. The van der Waals surface area contributed by atoms with E-state index in [1.807, 2.05) is 0 Å². The number of sulfonamides is 1. The number of ketones is 1. The number of benzene rings is 1. The standard InChI is InChI=1S/C18H21N3O4S2/c22-15-8-5-9-16(15)26-18-20-19-17(25-18)13-6-4-7-14(12-13)27(23,24)21-10-2-1-3-11-21/h4,6-7,12,16H,1-3,5,8-11H2/t16-/m1/s1. The Hall–Kier alpha value is -1.71. The second-order valence-corrected chi connectivity index (χ2v) is 9.92. The molecule has 1 aromatic carbocycles. The SMILES string of the molecule is O=C1CCC[C@H]1Sc1nnc(-c2cccc(S(=O)(=O)N3CCCCC3)c2)o1. The van der Waals surface area contributed by atoms with Gasteiger partial charge in [0.15, 0.2) is 0 Å². The average Bonchev–Trinajstić information content (AvgIpc) is 3.32. The van der Waals surface area contributed by atoms with Gasteiger partial charge in [0.05, 0.1) is 10.1 Å². The van der Waals surface area contributed by atoms with Gasteiger partial charge in [0.25, 0.3) is 5.22 Å². The van der Waals surface area contributed by atoms with Gasteiger partial charge in [-0.3, -0.25) is 4.79 Å². The zero-order valence-corrected chi connectivity index (χ0v) is 16.5. The van der Waals surface area contributed by atoms with E-state index in [1.165, 1.54) is 16.1 Å². The lowest BCUT2D eigenvalue weighted by Crippen LogP contribution is -2.35. The molecule has 2 aromatic rings. The smallest absolute Gasteiger partial charge is 0.277 e. The van der Waals surface area contributed by atoms with Crippen molar-refractivity contribution in [2.45, 2.75) is 53.9 Å². The van der Waals surface area contributed by atoms with Crippen LogP contribution in [0.25, 0.3) is 11.5 Å². The van der Waals surface area contributed by atoms with Crippen LogP contribution in [0.15, 0.2) is 38.8 Å². The summed E-state index contributed by atoms with van der Waals surface area (Å²) in [5, 5.41) is 8.26. The molecule has 0 unspecified atom stereocenters. The Morgan fingerprint density at radius 1 is 1.11 bits per heavy atom. The number of Topliss-reactive ketones (excluding diaryl/α,β-unsaturated/α-hetero) is 1. The van der Waals surface area contributed by atoms with Crippen LogP contribution < -0.4 is 0 Å². The van der Waals surface area contributed by atoms with Crippen LogP contribution in [0.5, 0.6) is 0 Å². The van der Waals surface area contributed by atoms with E-state index < -0.39 is 10.0 Å². The number of carbonyl (C=O) groups excluding carboxylic acids is 1. The first-order valence-corrected chi connectivity index (χ1v) is 11.5. The number of hydrogen-bond acceptors (Lipinski definition) is 7. The number of carbonyl (C=O) groups is 1. The molecule has 0 spiro atoms. The van der Waals surface area contributed by atoms with Crippen LogP contribution in [-0.2, 0) is 14.8 Å². The molecule has 2 fully saturated rings. The molecule has 1 aliphatic carbocycles. The highest BCUT2D eigenvalue weighted by Gasteiger charge is 2.28. The normalized spacial score (nSPS) is 21.6. The van der Waals surface area contributed by atoms with E-state index in [1.54, 1.807) is 24.3 Å². The Labute approximate surface area is 162 Å². The lowest BCUT2D eigenvalue weighted by atomic mass is 10.2. The summed E-state index contributed by atoms with van der Waals surface area (Å²) in [4.78, 5) is 12.0. The molecule has 4 rings (SSSR count). The highest BCUT2D eigenvalue weighted by Crippen LogP contribution is 2.33. The number of piperidine rings is 1. The largest absolute Gasteiger partial charge is 0.411 e. The fourth-order valence-corrected chi connectivity index (χ4v) is 6.00. The van der Waals surface area contributed by atoms with Gasteiger partial charge in [-0.2, -0.15) is 4.31 Å². The molecule has 0 N–H and O–H groups in total. The zero-order valence-electron chi connectivity index (χ0n) is 14.8. The summed E-state index contributed by atoms with van der Waals surface area (Å²) in [6, 6.07) is 6.60. The number of thioether (sulfide) groups is 1. The first-order chi connectivity index (χ1) is 13.0. The monoisotopic (exact) mass is 407 g/mol. The third-order valence-corrected chi connectivity index (χ3v) is 7.98. The Bertz CT molecular complexity index is 936. The summed E-state index contributed by atoms with van der Waals surface area (Å²) in [5.41, 5.74) is 0.560. The van der Waals surface area contributed by atoms with E-state index in [4.69, 9.17) is 4.42 Å². The van der Waals surface area contributed by atoms with Gasteiger partial charge < -0.3 is 4.42 Å². The molecule has 27 heavy (non-hydrogen) atoms. The van der Waals surface area contributed by atoms with E-state index in [9.17, 15) is 13.2 Å². The summed E-state index contributed by atoms with van der Waals surface area (Å²) in [5.74, 6) is 0.480.